The Morgan fingerprint density at radius 1 is 1.16 bits per heavy atom. The van der Waals surface area contributed by atoms with E-state index in [2.05, 4.69) is 10.2 Å². The minimum absolute atomic E-state index is 0.0750. The van der Waals surface area contributed by atoms with E-state index in [1.807, 2.05) is 18.2 Å². The fraction of sp³-hybridized carbons (Fsp3) is 0.250. The van der Waals surface area contributed by atoms with Crippen LogP contribution in [0.15, 0.2) is 41.6 Å². The number of nitrogens with two attached hydrogens (primary N) is 1. The lowest BCUT2D eigenvalue weighted by atomic mass is 10.2. The smallest absolute Gasteiger partial charge is 0.233 e. The van der Waals surface area contributed by atoms with E-state index in [0.29, 0.717) is 52.1 Å². The Balaban J connectivity index is 1.38. The van der Waals surface area contributed by atoms with Crippen LogP contribution in [0.3, 0.4) is 0 Å². The Kier molecular flexibility index (Phi) is 6.45. The third-order valence-corrected chi connectivity index (χ3v) is 6.09. The third-order valence-electron chi connectivity index (χ3n) is 4.61. The molecule has 1 aliphatic heterocycles. The van der Waals surface area contributed by atoms with Gasteiger partial charge in [0.1, 0.15) is 13.2 Å². The summed E-state index contributed by atoms with van der Waals surface area (Å²) in [6, 6.07) is 10.7. The number of carbonyl (C=O) groups excluding carboxylic acids is 1. The molecule has 1 aromatic heterocycles. The maximum absolute atomic E-state index is 12.6. The molecule has 0 aliphatic carbocycles. The molecule has 0 bridgehead atoms. The number of nitrogens with zero attached hydrogens (tertiary/aromatic N) is 4. The van der Waals surface area contributed by atoms with E-state index < -0.39 is 0 Å². The van der Waals surface area contributed by atoms with Gasteiger partial charge >= 0.3 is 0 Å². The van der Waals surface area contributed by atoms with Crippen molar-refractivity contribution >= 4 is 40.9 Å². The van der Waals surface area contributed by atoms with Gasteiger partial charge in [0.05, 0.1) is 10.8 Å². The van der Waals surface area contributed by atoms with Crippen molar-refractivity contribution in [3.05, 3.63) is 52.0 Å². The fourth-order valence-corrected chi connectivity index (χ4v) is 4.30. The number of amides is 1. The van der Waals surface area contributed by atoms with Gasteiger partial charge in [-0.05, 0) is 35.9 Å². The molecule has 0 atom stereocenters. The van der Waals surface area contributed by atoms with Crippen LogP contribution in [-0.2, 0) is 11.3 Å². The average molecular weight is 480 g/mol. The predicted octanol–water partition coefficient (Wildman–Crippen LogP) is 3.49. The molecule has 0 unspecified atom stereocenters. The first-order valence-corrected chi connectivity index (χ1v) is 11.1. The second-order valence-corrected chi connectivity index (χ2v) is 8.60. The van der Waals surface area contributed by atoms with Gasteiger partial charge in [-0.25, -0.2) is 4.68 Å². The summed E-state index contributed by atoms with van der Waals surface area (Å²) < 4.78 is 12.4. The van der Waals surface area contributed by atoms with Crippen molar-refractivity contribution < 1.29 is 14.3 Å². The average Bonchev–Trinajstić information content (AvgIpc) is 3.12. The molecule has 162 valence electrons. The van der Waals surface area contributed by atoms with E-state index >= 15 is 0 Å². The van der Waals surface area contributed by atoms with Gasteiger partial charge in [0, 0.05) is 24.2 Å². The summed E-state index contributed by atoms with van der Waals surface area (Å²) in [6.07, 6.45) is 0. The van der Waals surface area contributed by atoms with E-state index in [1.54, 1.807) is 30.1 Å². The lowest BCUT2D eigenvalue weighted by Gasteiger charge is -2.21. The zero-order chi connectivity index (χ0) is 22.0. The highest BCUT2D eigenvalue weighted by molar-refractivity contribution is 7.99. The molecule has 31 heavy (non-hydrogen) atoms. The number of fused-ring (bicyclic) bond motifs is 1. The largest absolute Gasteiger partial charge is 0.486 e. The number of nitrogen functional groups attached to an aromatic ring is 1. The van der Waals surface area contributed by atoms with Gasteiger partial charge in [0.25, 0.3) is 0 Å². The molecule has 8 nitrogen and oxygen atoms in total. The number of hydrogen-bond donors (Lipinski definition) is 1. The monoisotopic (exact) mass is 479 g/mol. The van der Waals surface area contributed by atoms with E-state index in [0.717, 1.165) is 11.3 Å². The van der Waals surface area contributed by atoms with Crippen LogP contribution < -0.4 is 15.3 Å². The van der Waals surface area contributed by atoms with Gasteiger partial charge in [-0.3, -0.25) is 4.79 Å². The van der Waals surface area contributed by atoms with Gasteiger partial charge in [-0.15, -0.1) is 10.2 Å². The van der Waals surface area contributed by atoms with Crippen LogP contribution >= 0.6 is 35.0 Å². The molecule has 11 heteroatoms. The second kappa shape index (κ2) is 9.25. The SMILES string of the molecule is CN(Cc1ccc2c(c1)OCCO2)C(=O)CSc1nnc(-c2ccc(Cl)cc2Cl)n1N. The quantitative estimate of drug-likeness (QED) is 0.426. The summed E-state index contributed by atoms with van der Waals surface area (Å²) in [7, 11) is 1.74. The first kappa shape index (κ1) is 21.6. The van der Waals surface area contributed by atoms with E-state index in [1.165, 1.54) is 16.4 Å². The van der Waals surface area contributed by atoms with Crippen molar-refractivity contribution in [2.75, 3.05) is 31.9 Å². The highest BCUT2D eigenvalue weighted by Crippen LogP contribution is 2.32. The Labute approximate surface area is 193 Å². The maximum atomic E-state index is 12.6. The number of aromatic nitrogens is 3. The molecular weight excluding hydrogens is 461 g/mol. The molecule has 1 amide bonds. The molecule has 2 heterocycles. The summed E-state index contributed by atoms with van der Waals surface area (Å²) in [5, 5.41) is 9.51. The number of hydrogen-bond acceptors (Lipinski definition) is 7. The van der Waals surface area contributed by atoms with E-state index in [9.17, 15) is 4.79 Å². The van der Waals surface area contributed by atoms with Gasteiger partial charge < -0.3 is 20.2 Å². The van der Waals surface area contributed by atoms with Crippen LogP contribution in [0.25, 0.3) is 11.4 Å². The highest BCUT2D eigenvalue weighted by Gasteiger charge is 2.18. The van der Waals surface area contributed by atoms with Crippen molar-refractivity contribution in [2.24, 2.45) is 0 Å². The van der Waals surface area contributed by atoms with Crippen LogP contribution in [0.4, 0.5) is 0 Å². The number of carbonyl (C=O) groups is 1. The molecule has 0 fully saturated rings. The summed E-state index contributed by atoms with van der Waals surface area (Å²) in [4.78, 5) is 14.2. The van der Waals surface area contributed by atoms with E-state index in [4.69, 9.17) is 38.5 Å². The maximum Gasteiger partial charge on any atom is 0.233 e. The molecule has 0 spiro atoms. The lowest BCUT2D eigenvalue weighted by molar-refractivity contribution is -0.127. The van der Waals surface area contributed by atoms with Crippen LogP contribution in [0.1, 0.15) is 5.56 Å². The predicted molar refractivity (Wildman–Crippen MR) is 120 cm³/mol. The molecule has 1 aliphatic rings. The molecule has 0 saturated heterocycles. The minimum Gasteiger partial charge on any atom is -0.486 e. The van der Waals surface area contributed by atoms with Gasteiger partial charge in [0.15, 0.2) is 17.3 Å². The summed E-state index contributed by atoms with van der Waals surface area (Å²) in [5.41, 5.74) is 1.56. The molecule has 4 rings (SSSR count). The van der Waals surface area contributed by atoms with E-state index in [-0.39, 0.29) is 11.7 Å². The van der Waals surface area contributed by atoms with Crippen molar-refractivity contribution in [3.63, 3.8) is 0 Å². The molecule has 2 aromatic carbocycles. The molecule has 0 saturated carbocycles. The second-order valence-electron chi connectivity index (χ2n) is 6.82. The number of halogens is 2. The van der Waals surface area contributed by atoms with Crippen molar-refractivity contribution in [1.29, 1.82) is 0 Å². The number of rotatable bonds is 6. The Morgan fingerprint density at radius 2 is 1.94 bits per heavy atom. The van der Waals surface area contributed by atoms with Gasteiger partial charge in [-0.1, -0.05) is 41.0 Å². The van der Waals surface area contributed by atoms with Crippen LogP contribution in [0.5, 0.6) is 11.5 Å². The molecular formula is C20H19Cl2N5O3S. The van der Waals surface area contributed by atoms with Crippen LogP contribution in [0.2, 0.25) is 10.0 Å². The molecule has 0 radical (unpaired) electrons. The minimum atomic E-state index is -0.0750. The Bertz CT molecular complexity index is 1120. The number of thioether (sulfide) groups is 1. The Hall–Kier alpha value is -2.62. The zero-order valence-corrected chi connectivity index (χ0v) is 18.9. The zero-order valence-electron chi connectivity index (χ0n) is 16.5. The highest BCUT2D eigenvalue weighted by atomic mass is 35.5. The summed E-state index contributed by atoms with van der Waals surface area (Å²) in [5.74, 6) is 8.01. The first-order chi connectivity index (χ1) is 14.9. The fourth-order valence-electron chi connectivity index (χ4n) is 3.01. The van der Waals surface area contributed by atoms with Crippen molar-refractivity contribution in [2.45, 2.75) is 11.7 Å². The number of benzene rings is 2. The molecule has 3 aromatic rings. The topological polar surface area (TPSA) is 95.5 Å². The van der Waals surface area contributed by atoms with Crippen LogP contribution in [0, 0.1) is 0 Å². The standard InChI is InChI=1S/C20H19Cl2N5O3S/c1-26(10-12-2-5-16-17(8-12)30-7-6-29-16)18(28)11-31-20-25-24-19(27(20)23)14-4-3-13(21)9-15(14)22/h2-5,8-9H,6-7,10-11,23H2,1H3. The van der Waals surface area contributed by atoms with Gasteiger partial charge in [-0.2, -0.15) is 0 Å². The lowest BCUT2D eigenvalue weighted by Crippen LogP contribution is -2.28. The molecule has 2 N–H and O–H groups in total. The Morgan fingerprint density at radius 3 is 2.71 bits per heavy atom. The van der Waals surface area contributed by atoms with Gasteiger partial charge in [0.2, 0.25) is 11.1 Å². The van der Waals surface area contributed by atoms with Crippen LogP contribution in [-0.4, -0.2) is 51.7 Å². The van der Waals surface area contributed by atoms with Crippen molar-refractivity contribution in [3.8, 4) is 22.9 Å². The normalized spacial score (nSPS) is 12.6. The summed E-state index contributed by atoms with van der Waals surface area (Å²) in [6.45, 7) is 1.50. The first-order valence-electron chi connectivity index (χ1n) is 9.33. The third kappa shape index (κ3) is 4.84. The number of ether oxygens (including phenoxy) is 2. The summed E-state index contributed by atoms with van der Waals surface area (Å²) >= 11 is 13.4. The van der Waals surface area contributed by atoms with Crippen molar-refractivity contribution in [1.82, 2.24) is 19.8 Å².